The fourth-order valence-corrected chi connectivity index (χ4v) is 5.33. The van der Waals surface area contributed by atoms with E-state index in [1.54, 1.807) is 69.3 Å². The predicted molar refractivity (Wildman–Crippen MR) is 135 cm³/mol. The molecule has 0 bridgehead atoms. The minimum absolute atomic E-state index is 0.0867. The molecule has 0 amide bonds. The number of aliphatic hydroxyl groups excluding tert-OH is 1. The van der Waals surface area contributed by atoms with Crippen molar-refractivity contribution in [3.63, 3.8) is 0 Å². The highest BCUT2D eigenvalue weighted by atomic mass is 16.6. The Balaban J connectivity index is 2.11. The Kier molecular flexibility index (Phi) is 8.26. The number of esters is 2. The summed E-state index contributed by atoms with van der Waals surface area (Å²) < 4.78 is 11.7. The van der Waals surface area contributed by atoms with Gasteiger partial charge < -0.3 is 19.7 Å². The van der Waals surface area contributed by atoms with Crippen LogP contribution in [0.3, 0.4) is 0 Å². The molecule has 2 aliphatic rings. The minimum atomic E-state index is -1.58. The maximum atomic E-state index is 13.0. The second-order valence-corrected chi connectivity index (χ2v) is 11.0. The van der Waals surface area contributed by atoms with E-state index >= 15 is 0 Å². The van der Waals surface area contributed by atoms with Crippen LogP contribution in [-0.4, -0.2) is 51.8 Å². The highest BCUT2D eigenvalue weighted by molar-refractivity contribution is 5.89. The fraction of sp³-hybridized carbons (Fsp3) is 0.552. The van der Waals surface area contributed by atoms with Gasteiger partial charge in [0.25, 0.3) is 0 Å². The summed E-state index contributed by atoms with van der Waals surface area (Å²) in [6.45, 7) is 10.2. The lowest BCUT2D eigenvalue weighted by atomic mass is 9.75. The number of hydrogen-bond acceptors (Lipinski definition) is 7. The predicted octanol–water partition coefficient (Wildman–Crippen LogP) is 4.03. The zero-order chi connectivity index (χ0) is 26.8. The summed E-state index contributed by atoms with van der Waals surface area (Å²) in [5, 5.41) is 23.0. The average Bonchev–Trinajstić information content (AvgIpc) is 3.05. The van der Waals surface area contributed by atoms with Gasteiger partial charge in [0.05, 0.1) is 11.7 Å². The molecule has 0 unspecified atom stereocenters. The van der Waals surface area contributed by atoms with Gasteiger partial charge in [0.2, 0.25) is 0 Å². The number of carbonyl (C=O) groups excluding carboxylic acids is 3. The standard InChI is InChI=1S/C29H38O7/c1-17-12-13-28(5,6)24(32)15-23(31)18(2)14-22-25(36-27(33)21-10-8-7-9-11-21)19(3)16-29(22,34)26(17)35-20(4)30/h7-14,17,19,22-23,25-26,31,34H,15-16H2,1-6H3/t17-,19-,22-,23+,25-,26-,29+/m0/s1. The first-order valence-corrected chi connectivity index (χ1v) is 12.5. The lowest BCUT2D eigenvalue weighted by molar-refractivity contribution is -0.173. The van der Waals surface area contributed by atoms with Crippen LogP contribution in [0.5, 0.6) is 0 Å². The van der Waals surface area contributed by atoms with E-state index in [1.807, 2.05) is 13.8 Å². The van der Waals surface area contributed by atoms with Gasteiger partial charge in [-0.25, -0.2) is 4.79 Å². The van der Waals surface area contributed by atoms with Crippen LogP contribution in [0.1, 0.15) is 64.7 Å². The van der Waals surface area contributed by atoms with Crippen molar-refractivity contribution in [2.45, 2.75) is 78.3 Å². The number of Topliss-reactive ketones (excluding diaryl/α,β-unsaturated/α-hetero) is 1. The molecule has 0 heterocycles. The molecular formula is C29H38O7. The second-order valence-electron chi connectivity index (χ2n) is 11.0. The molecule has 0 saturated heterocycles. The first-order valence-electron chi connectivity index (χ1n) is 12.5. The number of aliphatic hydroxyl groups is 2. The van der Waals surface area contributed by atoms with Crippen molar-refractivity contribution in [1.82, 2.24) is 0 Å². The molecular weight excluding hydrogens is 460 g/mol. The number of hydrogen-bond donors (Lipinski definition) is 2. The fourth-order valence-electron chi connectivity index (χ4n) is 5.33. The van der Waals surface area contributed by atoms with Crippen molar-refractivity contribution in [3.8, 4) is 0 Å². The molecule has 2 N–H and O–H groups in total. The normalized spacial score (nSPS) is 34.6. The third-order valence-corrected chi connectivity index (χ3v) is 7.54. The minimum Gasteiger partial charge on any atom is -0.459 e. The Labute approximate surface area is 213 Å². The summed E-state index contributed by atoms with van der Waals surface area (Å²) in [4.78, 5) is 38.0. The molecule has 1 saturated carbocycles. The van der Waals surface area contributed by atoms with Crippen LogP contribution >= 0.6 is 0 Å². The van der Waals surface area contributed by atoms with Crippen molar-refractivity contribution >= 4 is 17.7 Å². The molecule has 196 valence electrons. The molecule has 0 spiro atoms. The van der Waals surface area contributed by atoms with E-state index in [2.05, 4.69) is 0 Å². The summed E-state index contributed by atoms with van der Waals surface area (Å²) in [6, 6.07) is 8.59. The van der Waals surface area contributed by atoms with Gasteiger partial charge >= 0.3 is 11.9 Å². The van der Waals surface area contributed by atoms with Gasteiger partial charge in [-0.1, -0.05) is 50.3 Å². The van der Waals surface area contributed by atoms with Crippen LogP contribution in [0.2, 0.25) is 0 Å². The Hall–Kier alpha value is -2.77. The molecule has 1 aromatic carbocycles. The van der Waals surface area contributed by atoms with Crippen LogP contribution < -0.4 is 0 Å². The van der Waals surface area contributed by atoms with E-state index in [0.29, 0.717) is 11.1 Å². The summed E-state index contributed by atoms with van der Waals surface area (Å²) >= 11 is 0. The Bertz CT molecular complexity index is 1040. The highest BCUT2D eigenvalue weighted by Gasteiger charge is 2.58. The van der Waals surface area contributed by atoms with E-state index in [0.717, 1.165) is 0 Å². The number of allylic oxidation sites excluding steroid dienone is 1. The van der Waals surface area contributed by atoms with Crippen molar-refractivity contribution in [2.75, 3.05) is 0 Å². The first kappa shape index (κ1) is 27.8. The van der Waals surface area contributed by atoms with Gasteiger partial charge in [-0.15, -0.1) is 0 Å². The van der Waals surface area contributed by atoms with Gasteiger partial charge in [-0.3, -0.25) is 9.59 Å². The Morgan fingerprint density at radius 2 is 1.72 bits per heavy atom. The smallest absolute Gasteiger partial charge is 0.338 e. The van der Waals surface area contributed by atoms with E-state index < -0.39 is 53.1 Å². The maximum Gasteiger partial charge on any atom is 0.338 e. The molecule has 7 nitrogen and oxygen atoms in total. The zero-order valence-corrected chi connectivity index (χ0v) is 21.9. The van der Waals surface area contributed by atoms with Crippen LogP contribution in [0, 0.1) is 23.2 Å². The highest BCUT2D eigenvalue weighted by Crippen LogP contribution is 2.48. The van der Waals surface area contributed by atoms with Crippen LogP contribution in [0.4, 0.5) is 0 Å². The van der Waals surface area contributed by atoms with Crippen LogP contribution in [-0.2, 0) is 19.1 Å². The average molecular weight is 499 g/mol. The topological polar surface area (TPSA) is 110 Å². The number of ketones is 1. The van der Waals surface area contributed by atoms with Gasteiger partial charge in [0, 0.05) is 30.6 Å². The maximum absolute atomic E-state index is 13.0. The van der Waals surface area contributed by atoms with Gasteiger partial charge in [-0.2, -0.15) is 0 Å². The molecule has 2 aliphatic carbocycles. The number of benzene rings is 1. The lowest BCUT2D eigenvalue weighted by Gasteiger charge is -2.40. The van der Waals surface area contributed by atoms with Crippen molar-refractivity contribution in [3.05, 3.63) is 59.7 Å². The molecule has 1 aromatic rings. The van der Waals surface area contributed by atoms with E-state index in [4.69, 9.17) is 9.47 Å². The number of carbonyl (C=O) groups is 3. The first-order chi connectivity index (χ1) is 16.8. The van der Waals surface area contributed by atoms with Crippen LogP contribution in [0.25, 0.3) is 0 Å². The molecule has 1 fully saturated rings. The molecule has 3 rings (SSSR count). The van der Waals surface area contributed by atoms with Crippen molar-refractivity contribution in [2.24, 2.45) is 23.2 Å². The number of fused-ring (bicyclic) bond motifs is 1. The van der Waals surface area contributed by atoms with Crippen LogP contribution in [0.15, 0.2) is 54.1 Å². The molecule has 0 aliphatic heterocycles. The van der Waals surface area contributed by atoms with Gasteiger partial charge in [0.1, 0.15) is 23.6 Å². The monoisotopic (exact) mass is 498 g/mol. The number of ether oxygens (including phenoxy) is 2. The molecule has 0 aromatic heterocycles. The van der Waals surface area contributed by atoms with E-state index in [1.165, 1.54) is 6.92 Å². The van der Waals surface area contributed by atoms with E-state index in [-0.39, 0.29) is 24.5 Å². The third-order valence-electron chi connectivity index (χ3n) is 7.54. The van der Waals surface area contributed by atoms with E-state index in [9.17, 15) is 24.6 Å². The second kappa shape index (κ2) is 10.7. The quantitative estimate of drug-likeness (QED) is 0.478. The SMILES string of the molecule is CC(=O)O[C@H]1[C@@H](C)C=CC(C)(C)C(=O)C[C@@H](O)C(C)=C[C@H]2[C@@H](OC(=O)c3ccccc3)[C@@H](C)C[C@@]21O. The molecule has 36 heavy (non-hydrogen) atoms. The molecule has 0 radical (unpaired) electrons. The summed E-state index contributed by atoms with van der Waals surface area (Å²) in [5.41, 5.74) is -1.56. The molecule has 7 heteroatoms. The number of rotatable bonds is 3. The van der Waals surface area contributed by atoms with Crippen molar-refractivity contribution in [1.29, 1.82) is 0 Å². The third kappa shape index (κ3) is 5.79. The Morgan fingerprint density at radius 3 is 2.33 bits per heavy atom. The lowest BCUT2D eigenvalue weighted by Crippen LogP contribution is -2.52. The van der Waals surface area contributed by atoms with Gasteiger partial charge in [0.15, 0.2) is 0 Å². The summed E-state index contributed by atoms with van der Waals surface area (Å²) in [6.07, 6.45) is 2.55. The summed E-state index contributed by atoms with van der Waals surface area (Å²) in [7, 11) is 0. The molecule has 7 atom stereocenters. The largest absolute Gasteiger partial charge is 0.459 e. The summed E-state index contributed by atoms with van der Waals surface area (Å²) in [5.74, 6) is -2.71. The zero-order valence-electron chi connectivity index (χ0n) is 21.9. The van der Waals surface area contributed by atoms with Gasteiger partial charge in [-0.05, 0) is 50.8 Å². The Morgan fingerprint density at radius 1 is 1.08 bits per heavy atom. The van der Waals surface area contributed by atoms with Crippen molar-refractivity contribution < 1.29 is 34.1 Å².